The molecular weight excluding hydrogens is 416 g/mol. The summed E-state index contributed by atoms with van der Waals surface area (Å²) >= 11 is 0. The van der Waals surface area contributed by atoms with Gasteiger partial charge in [-0.3, -0.25) is 25.7 Å². The van der Waals surface area contributed by atoms with Gasteiger partial charge in [-0.25, -0.2) is 4.98 Å². The molecule has 1 heterocycles. The van der Waals surface area contributed by atoms with E-state index in [0.717, 1.165) is 23.7 Å². The summed E-state index contributed by atoms with van der Waals surface area (Å²) in [5.74, 6) is 0.306. The third-order valence-corrected chi connectivity index (χ3v) is 4.28. The van der Waals surface area contributed by atoms with Crippen LogP contribution in [0.2, 0.25) is 0 Å². The zero-order valence-electron chi connectivity index (χ0n) is 16.2. The van der Waals surface area contributed by atoms with Crippen LogP contribution in [0.1, 0.15) is 5.82 Å². The number of hydrogen-bond acceptors (Lipinski definition) is 8. The van der Waals surface area contributed by atoms with Crippen molar-refractivity contribution in [3.8, 4) is 0 Å². The third kappa shape index (κ3) is 4.43. The van der Waals surface area contributed by atoms with Gasteiger partial charge in [0.2, 0.25) is 5.84 Å². The number of nitrogens with zero attached hydrogens (tertiary/aromatic N) is 6. The number of amidine groups is 1. The maximum atomic E-state index is 11.4. The Morgan fingerprint density at radius 2 is 1.69 bits per heavy atom. The monoisotopic (exact) mass is 430 g/mol. The highest BCUT2D eigenvalue weighted by Crippen LogP contribution is 2.31. The van der Waals surface area contributed by atoms with Crippen molar-refractivity contribution in [2.75, 3.05) is 5.43 Å². The molecule has 12 heteroatoms. The summed E-state index contributed by atoms with van der Waals surface area (Å²) in [5, 5.41) is 34.5. The molecule has 158 valence electrons. The quantitative estimate of drug-likeness (QED) is 0.145. The number of azo groups is 1. The number of para-hydroxylation sites is 3. The summed E-state index contributed by atoms with van der Waals surface area (Å²) in [4.78, 5) is 28.3. The molecule has 4 aromatic rings. The first kappa shape index (κ1) is 20.3. The van der Waals surface area contributed by atoms with Crippen molar-refractivity contribution in [1.29, 1.82) is 0 Å². The van der Waals surface area contributed by atoms with E-state index in [4.69, 9.17) is 0 Å². The van der Waals surface area contributed by atoms with Crippen molar-refractivity contribution in [3.63, 3.8) is 0 Å². The van der Waals surface area contributed by atoms with E-state index in [9.17, 15) is 20.2 Å². The van der Waals surface area contributed by atoms with E-state index in [1.54, 1.807) is 18.2 Å². The number of non-ortho nitro benzene ring substituents is 1. The van der Waals surface area contributed by atoms with Crippen molar-refractivity contribution in [2.45, 2.75) is 0 Å². The standard InChI is InChI=1S/C20H14N8O4/c29-27(30)14-10-11-17(18(12-14)28(31)32)24-26-20(25-23-13-6-2-1-3-7-13)19-21-15-8-4-5-9-16(15)22-19/h1-12,23H,(H,21,22)/b25-20+,26-24?. The molecule has 0 bridgehead atoms. The van der Waals surface area contributed by atoms with Gasteiger partial charge >= 0.3 is 5.69 Å². The van der Waals surface area contributed by atoms with Crippen LogP contribution in [0.3, 0.4) is 0 Å². The van der Waals surface area contributed by atoms with Crippen molar-refractivity contribution >= 4 is 39.6 Å². The second kappa shape index (κ2) is 8.79. The number of fused-ring (bicyclic) bond motifs is 1. The molecule has 1 aromatic heterocycles. The van der Waals surface area contributed by atoms with E-state index < -0.39 is 21.2 Å². The third-order valence-electron chi connectivity index (χ3n) is 4.28. The second-order valence-electron chi connectivity index (χ2n) is 6.40. The first-order valence-electron chi connectivity index (χ1n) is 9.20. The van der Waals surface area contributed by atoms with Gasteiger partial charge in [-0.15, -0.1) is 15.3 Å². The number of rotatable bonds is 6. The average molecular weight is 430 g/mol. The van der Waals surface area contributed by atoms with Crippen LogP contribution in [-0.2, 0) is 0 Å². The van der Waals surface area contributed by atoms with Gasteiger partial charge in [-0.1, -0.05) is 30.3 Å². The molecule has 0 spiro atoms. The lowest BCUT2D eigenvalue weighted by molar-refractivity contribution is -0.393. The van der Waals surface area contributed by atoms with Gasteiger partial charge in [-0.2, -0.15) is 0 Å². The molecule has 0 fully saturated rings. The normalized spacial score (nSPS) is 11.7. The fraction of sp³-hybridized carbons (Fsp3) is 0. The van der Waals surface area contributed by atoms with Crippen LogP contribution >= 0.6 is 0 Å². The minimum atomic E-state index is -0.762. The highest BCUT2D eigenvalue weighted by Gasteiger charge is 2.20. The Kier molecular flexibility index (Phi) is 5.57. The largest absolute Gasteiger partial charge is 0.335 e. The van der Waals surface area contributed by atoms with Crippen molar-refractivity contribution in [2.24, 2.45) is 15.3 Å². The number of aromatic amines is 1. The first-order valence-corrected chi connectivity index (χ1v) is 9.20. The minimum Gasteiger partial charge on any atom is -0.335 e. The van der Waals surface area contributed by atoms with E-state index in [1.807, 2.05) is 36.4 Å². The number of anilines is 1. The number of hydrazone groups is 1. The van der Waals surface area contributed by atoms with Gasteiger partial charge in [0.05, 0.1) is 32.6 Å². The number of nitrogens with one attached hydrogen (secondary N) is 2. The fourth-order valence-corrected chi connectivity index (χ4v) is 2.77. The van der Waals surface area contributed by atoms with Gasteiger partial charge in [-0.05, 0) is 30.3 Å². The average Bonchev–Trinajstić information content (AvgIpc) is 3.23. The number of nitro benzene ring substituents is 2. The van der Waals surface area contributed by atoms with Crippen LogP contribution in [0.5, 0.6) is 0 Å². The number of hydrogen-bond donors (Lipinski definition) is 2. The van der Waals surface area contributed by atoms with Crippen molar-refractivity contribution in [3.05, 3.63) is 98.8 Å². The first-order chi connectivity index (χ1) is 15.5. The Hall–Kier alpha value is -5.00. The van der Waals surface area contributed by atoms with E-state index in [2.05, 4.69) is 30.7 Å². The predicted octanol–water partition coefficient (Wildman–Crippen LogP) is 4.94. The smallest absolute Gasteiger partial charge is 0.303 e. The number of imidazole rings is 1. The Bertz CT molecular complexity index is 1330. The number of aromatic nitrogens is 2. The van der Waals surface area contributed by atoms with Gasteiger partial charge in [0, 0.05) is 6.07 Å². The van der Waals surface area contributed by atoms with Crippen LogP contribution in [0.15, 0.2) is 88.1 Å². The molecule has 0 radical (unpaired) electrons. The summed E-state index contributed by atoms with van der Waals surface area (Å²) in [6, 6.07) is 19.5. The molecule has 32 heavy (non-hydrogen) atoms. The summed E-state index contributed by atoms with van der Waals surface area (Å²) in [6.45, 7) is 0. The molecule has 0 amide bonds. The van der Waals surface area contributed by atoms with Crippen LogP contribution < -0.4 is 5.43 Å². The van der Waals surface area contributed by atoms with E-state index >= 15 is 0 Å². The molecule has 2 N–H and O–H groups in total. The van der Waals surface area contributed by atoms with Crippen LogP contribution in [0, 0.1) is 20.2 Å². The van der Waals surface area contributed by atoms with Crippen molar-refractivity contribution in [1.82, 2.24) is 9.97 Å². The molecule has 0 saturated carbocycles. The molecular formula is C20H14N8O4. The Morgan fingerprint density at radius 1 is 0.938 bits per heavy atom. The Balaban J connectivity index is 1.74. The zero-order valence-corrected chi connectivity index (χ0v) is 16.2. The van der Waals surface area contributed by atoms with E-state index in [-0.39, 0.29) is 17.3 Å². The number of benzene rings is 3. The lowest BCUT2D eigenvalue weighted by Gasteiger charge is -2.01. The SMILES string of the molecule is O=[N+]([O-])c1ccc(N=N/C(=N/Nc2ccccc2)c2nc3ccccc3[nH]2)c([N+](=O)[O-])c1. The molecule has 4 rings (SSSR count). The Labute approximate surface area is 179 Å². The predicted molar refractivity (Wildman–Crippen MR) is 117 cm³/mol. The number of H-pyrrole nitrogens is 1. The molecule has 0 aliphatic rings. The summed E-state index contributed by atoms with van der Waals surface area (Å²) in [5.41, 5.74) is 3.79. The number of nitro groups is 2. The Morgan fingerprint density at radius 3 is 2.41 bits per heavy atom. The molecule has 0 aliphatic carbocycles. The van der Waals surface area contributed by atoms with Crippen molar-refractivity contribution < 1.29 is 9.85 Å². The summed E-state index contributed by atoms with van der Waals surface area (Å²) in [6.07, 6.45) is 0. The molecule has 0 aliphatic heterocycles. The second-order valence-corrected chi connectivity index (χ2v) is 6.40. The topological polar surface area (TPSA) is 164 Å². The highest BCUT2D eigenvalue weighted by atomic mass is 16.6. The molecule has 0 saturated heterocycles. The fourth-order valence-electron chi connectivity index (χ4n) is 2.77. The maximum Gasteiger partial charge on any atom is 0.303 e. The molecule has 0 atom stereocenters. The minimum absolute atomic E-state index is 0.0257. The van der Waals surface area contributed by atoms with Gasteiger partial charge in [0.1, 0.15) is 0 Å². The van der Waals surface area contributed by atoms with Crippen LogP contribution in [0.25, 0.3) is 11.0 Å². The molecule has 3 aromatic carbocycles. The molecule has 12 nitrogen and oxygen atoms in total. The van der Waals surface area contributed by atoms with E-state index in [1.165, 1.54) is 0 Å². The van der Waals surface area contributed by atoms with Gasteiger partial charge in [0.25, 0.3) is 5.69 Å². The zero-order chi connectivity index (χ0) is 22.5. The van der Waals surface area contributed by atoms with E-state index in [0.29, 0.717) is 11.2 Å². The van der Waals surface area contributed by atoms with Crippen LogP contribution in [0.4, 0.5) is 22.7 Å². The molecule has 0 unspecified atom stereocenters. The lowest BCUT2D eigenvalue weighted by Crippen LogP contribution is -2.03. The van der Waals surface area contributed by atoms with Gasteiger partial charge in [0.15, 0.2) is 11.5 Å². The highest BCUT2D eigenvalue weighted by molar-refractivity contribution is 5.99. The summed E-state index contributed by atoms with van der Waals surface area (Å²) < 4.78 is 0. The maximum absolute atomic E-state index is 11.4. The van der Waals surface area contributed by atoms with Gasteiger partial charge < -0.3 is 4.98 Å². The lowest BCUT2D eigenvalue weighted by atomic mass is 10.2. The van der Waals surface area contributed by atoms with Crippen LogP contribution in [-0.4, -0.2) is 25.7 Å². The summed E-state index contributed by atoms with van der Waals surface area (Å²) in [7, 11) is 0.